The van der Waals surface area contributed by atoms with E-state index in [9.17, 15) is 9.59 Å². The van der Waals surface area contributed by atoms with Crippen LogP contribution in [0.3, 0.4) is 0 Å². The van der Waals surface area contributed by atoms with Crippen LogP contribution >= 0.6 is 0 Å². The molecule has 0 heterocycles. The van der Waals surface area contributed by atoms with Crippen molar-refractivity contribution in [2.24, 2.45) is 0 Å². The van der Waals surface area contributed by atoms with Crippen molar-refractivity contribution < 1.29 is 23.8 Å². The van der Waals surface area contributed by atoms with Crippen LogP contribution in [0, 0.1) is 0 Å². The molecule has 5 nitrogen and oxygen atoms in total. The zero-order valence-corrected chi connectivity index (χ0v) is 9.95. The number of ether oxygens (including phenoxy) is 3. The van der Waals surface area contributed by atoms with Gasteiger partial charge in [0.25, 0.3) is 0 Å². The first-order valence-corrected chi connectivity index (χ1v) is 4.98. The minimum absolute atomic E-state index is 0.00420. The summed E-state index contributed by atoms with van der Waals surface area (Å²) >= 11 is 0. The highest BCUT2D eigenvalue weighted by Gasteiger charge is 2.10. The number of hydrogen-bond acceptors (Lipinski definition) is 5. The lowest BCUT2D eigenvalue weighted by molar-refractivity contribution is -0.153. The van der Waals surface area contributed by atoms with Gasteiger partial charge in [0.15, 0.2) is 0 Å². The maximum absolute atomic E-state index is 11.2. The second kappa shape index (κ2) is 7.87. The maximum atomic E-state index is 11.2. The van der Waals surface area contributed by atoms with E-state index in [4.69, 9.17) is 14.2 Å². The number of carbonyl (C=O) groups is 2. The van der Waals surface area contributed by atoms with E-state index < -0.39 is 11.9 Å². The molecule has 0 aromatic rings. The number of esters is 2. The standard InChI is InChI=1S/C11H18O5/c1-8(2)11(13)15-6-5-10(12)16-9(3)7-14-4/h9H,1,5-7H2,2-4H3. The molecular weight excluding hydrogens is 212 g/mol. The molecule has 0 fully saturated rings. The van der Waals surface area contributed by atoms with Gasteiger partial charge in [0.1, 0.15) is 12.7 Å². The second-order valence-electron chi connectivity index (χ2n) is 3.42. The molecule has 0 rings (SSSR count). The smallest absolute Gasteiger partial charge is 0.333 e. The van der Waals surface area contributed by atoms with E-state index in [-0.39, 0.29) is 19.1 Å². The average Bonchev–Trinajstić information content (AvgIpc) is 2.17. The molecule has 0 N–H and O–H groups in total. The highest BCUT2D eigenvalue weighted by Crippen LogP contribution is 1.98. The van der Waals surface area contributed by atoms with Crippen molar-refractivity contribution in [2.75, 3.05) is 20.3 Å². The highest BCUT2D eigenvalue weighted by molar-refractivity contribution is 5.87. The number of carbonyl (C=O) groups excluding carboxylic acids is 2. The summed E-state index contributed by atoms with van der Waals surface area (Å²) in [6.07, 6.45) is -0.262. The van der Waals surface area contributed by atoms with Gasteiger partial charge >= 0.3 is 11.9 Å². The Labute approximate surface area is 95.4 Å². The van der Waals surface area contributed by atoms with Gasteiger partial charge in [0.05, 0.1) is 13.0 Å². The van der Waals surface area contributed by atoms with Crippen molar-refractivity contribution in [3.05, 3.63) is 12.2 Å². The Morgan fingerprint density at radius 3 is 2.50 bits per heavy atom. The summed E-state index contributed by atoms with van der Waals surface area (Å²) in [6.45, 7) is 7.03. The lowest BCUT2D eigenvalue weighted by Gasteiger charge is -2.11. The molecule has 0 aliphatic rings. The number of methoxy groups -OCH3 is 1. The van der Waals surface area contributed by atoms with Crippen molar-refractivity contribution in [1.29, 1.82) is 0 Å². The largest absolute Gasteiger partial charge is 0.462 e. The molecular formula is C11H18O5. The molecule has 5 heteroatoms. The van der Waals surface area contributed by atoms with E-state index in [1.165, 1.54) is 7.11 Å². The molecule has 0 spiro atoms. The molecule has 1 atom stereocenters. The Kier molecular flexibility index (Phi) is 7.20. The van der Waals surface area contributed by atoms with Crippen molar-refractivity contribution in [1.82, 2.24) is 0 Å². The third kappa shape index (κ3) is 7.00. The molecule has 0 bridgehead atoms. The van der Waals surface area contributed by atoms with Crippen molar-refractivity contribution >= 4 is 11.9 Å². The van der Waals surface area contributed by atoms with E-state index in [1.807, 2.05) is 0 Å². The quantitative estimate of drug-likeness (QED) is 0.483. The molecule has 0 saturated heterocycles. The van der Waals surface area contributed by atoms with Crippen molar-refractivity contribution in [3.8, 4) is 0 Å². The van der Waals surface area contributed by atoms with Crippen LogP contribution in [0.5, 0.6) is 0 Å². The van der Waals surface area contributed by atoms with Gasteiger partial charge in [0.2, 0.25) is 0 Å². The molecule has 16 heavy (non-hydrogen) atoms. The fourth-order valence-electron chi connectivity index (χ4n) is 0.902. The highest BCUT2D eigenvalue weighted by atomic mass is 16.6. The molecule has 0 aromatic heterocycles. The van der Waals surface area contributed by atoms with Gasteiger partial charge in [-0.15, -0.1) is 0 Å². The summed E-state index contributed by atoms with van der Waals surface area (Å²) in [6, 6.07) is 0. The van der Waals surface area contributed by atoms with Gasteiger partial charge in [-0.25, -0.2) is 4.79 Å². The zero-order valence-electron chi connectivity index (χ0n) is 9.95. The van der Waals surface area contributed by atoms with Crippen molar-refractivity contribution in [3.63, 3.8) is 0 Å². The minimum atomic E-state index is -0.502. The topological polar surface area (TPSA) is 61.8 Å². The van der Waals surface area contributed by atoms with Crippen LogP contribution < -0.4 is 0 Å². The Morgan fingerprint density at radius 1 is 1.38 bits per heavy atom. The molecule has 92 valence electrons. The Bertz CT molecular complexity index is 259. The molecule has 0 aromatic carbocycles. The van der Waals surface area contributed by atoms with Crippen LogP contribution in [-0.2, 0) is 23.8 Å². The van der Waals surface area contributed by atoms with Gasteiger partial charge in [-0.3, -0.25) is 4.79 Å². The SMILES string of the molecule is C=C(C)C(=O)OCCC(=O)OC(C)COC. The summed E-state index contributed by atoms with van der Waals surface area (Å²) < 4.78 is 14.5. The fraction of sp³-hybridized carbons (Fsp3) is 0.636. The van der Waals surface area contributed by atoms with E-state index in [2.05, 4.69) is 6.58 Å². The van der Waals surface area contributed by atoms with Gasteiger partial charge in [-0.2, -0.15) is 0 Å². The summed E-state index contributed by atoms with van der Waals surface area (Å²) in [5.41, 5.74) is 0.307. The van der Waals surface area contributed by atoms with Gasteiger partial charge in [-0.05, 0) is 13.8 Å². The first-order chi connectivity index (χ1) is 7.47. The minimum Gasteiger partial charge on any atom is -0.462 e. The van der Waals surface area contributed by atoms with Gasteiger partial charge in [-0.1, -0.05) is 6.58 Å². The third-order valence-corrected chi connectivity index (χ3v) is 1.62. The number of hydrogen-bond donors (Lipinski definition) is 0. The molecule has 0 aliphatic carbocycles. The molecule has 0 saturated carbocycles. The molecule has 0 radical (unpaired) electrons. The average molecular weight is 230 g/mol. The Hall–Kier alpha value is -1.36. The van der Waals surface area contributed by atoms with Crippen LogP contribution in [-0.4, -0.2) is 38.4 Å². The first kappa shape index (κ1) is 14.6. The van der Waals surface area contributed by atoms with Crippen molar-refractivity contribution in [2.45, 2.75) is 26.4 Å². The summed E-state index contributed by atoms with van der Waals surface area (Å²) in [5.74, 6) is -0.920. The van der Waals surface area contributed by atoms with Crippen LogP contribution in [0.25, 0.3) is 0 Å². The predicted octanol–water partition coefficient (Wildman–Crippen LogP) is 1.07. The monoisotopic (exact) mass is 230 g/mol. The number of rotatable bonds is 7. The Balaban J connectivity index is 3.66. The Morgan fingerprint density at radius 2 is 2.00 bits per heavy atom. The summed E-state index contributed by atoms with van der Waals surface area (Å²) in [4.78, 5) is 22.1. The first-order valence-electron chi connectivity index (χ1n) is 4.98. The summed E-state index contributed by atoms with van der Waals surface area (Å²) in [7, 11) is 1.53. The molecule has 0 amide bonds. The summed E-state index contributed by atoms with van der Waals surface area (Å²) in [5, 5.41) is 0. The van der Waals surface area contributed by atoms with Gasteiger partial charge < -0.3 is 14.2 Å². The molecule has 0 aliphatic heterocycles. The maximum Gasteiger partial charge on any atom is 0.333 e. The van der Waals surface area contributed by atoms with E-state index in [0.29, 0.717) is 12.2 Å². The lowest BCUT2D eigenvalue weighted by atomic mass is 10.3. The second-order valence-corrected chi connectivity index (χ2v) is 3.42. The third-order valence-electron chi connectivity index (χ3n) is 1.62. The van der Waals surface area contributed by atoms with E-state index in [0.717, 1.165) is 0 Å². The van der Waals surface area contributed by atoms with Crippen LogP contribution in [0.4, 0.5) is 0 Å². The van der Waals surface area contributed by atoms with E-state index >= 15 is 0 Å². The zero-order chi connectivity index (χ0) is 12.6. The fourth-order valence-corrected chi connectivity index (χ4v) is 0.902. The van der Waals surface area contributed by atoms with Crippen LogP contribution in [0.1, 0.15) is 20.3 Å². The van der Waals surface area contributed by atoms with E-state index in [1.54, 1.807) is 13.8 Å². The van der Waals surface area contributed by atoms with Crippen LogP contribution in [0.2, 0.25) is 0 Å². The lowest BCUT2D eigenvalue weighted by Crippen LogP contribution is -2.21. The molecule has 1 unspecified atom stereocenters. The normalized spacial score (nSPS) is 11.7. The van der Waals surface area contributed by atoms with Gasteiger partial charge in [0, 0.05) is 12.7 Å². The van der Waals surface area contributed by atoms with Crippen LogP contribution in [0.15, 0.2) is 12.2 Å². The predicted molar refractivity (Wildman–Crippen MR) is 57.8 cm³/mol.